The summed E-state index contributed by atoms with van der Waals surface area (Å²) < 4.78 is 10.9. The molecule has 0 atom stereocenters. The first kappa shape index (κ1) is 30.2. The van der Waals surface area contributed by atoms with Crippen LogP contribution in [-0.2, 0) is 20.4 Å². The second kappa shape index (κ2) is 14.6. The Hall–Kier alpha value is -4.06. The Kier molecular flexibility index (Phi) is 11.6. The molecule has 2 N–H and O–H groups in total. The maximum Gasteiger partial charge on any atom is 0.309 e. The SMILES string of the molecule is C=CCC(CC=C)(CNC(=O)C(=O)NCC(CC=C)(CC=C)c1ccc(OC)c(OC)c1)c1ccccc1. The van der Waals surface area contributed by atoms with E-state index in [-0.39, 0.29) is 13.1 Å². The van der Waals surface area contributed by atoms with Crippen LogP contribution < -0.4 is 20.1 Å². The van der Waals surface area contributed by atoms with Gasteiger partial charge in [-0.15, -0.1) is 26.3 Å². The molecule has 0 radical (unpaired) electrons. The van der Waals surface area contributed by atoms with Gasteiger partial charge in [-0.1, -0.05) is 60.7 Å². The van der Waals surface area contributed by atoms with Crippen LogP contribution in [0.1, 0.15) is 36.8 Å². The third kappa shape index (κ3) is 7.25. The van der Waals surface area contributed by atoms with Gasteiger partial charge in [0.2, 0.25) is 0 Å². The van der Waals surface area contributed by atoms with E-state index in [1.54, 1.807) is 26.4 Å². The highest BCUT2D eigenvalue weighted by atomic mass is 16.5. The van der Waals surface area contributed by atoms with Gasteiger partial charge >= 0.3 is 11.8 Å². The van der Waals surface area contributed by atoms with E-state index in [9.17, 15) is 9.59 Å². The van der Waals surface area contributed by atoms with Crippen molar-refractivity contribution in [1.82, 2.24) is 10.6 Å². The van der Waals surface area contributed by atoms with Gasteiger partial charge in [-0.2, -0.15) is 0 Å². The van der Waals surface area contributed by atoms with Gasteiger partial charge in [0.15, 0.2) is 11.5 Å². The predicted molar refractivity (Wildman–Crippen MR) is 155 cm³/mol. The highest BCUT2D eigenvalue weighted by Crippen LogP contribution is 2.38. The van der Waals surface area contributed by atoms with Crippen molar-refractivity contribution >= 4 is 11.8 Å². The normalized spacial score (nSPS) is 11.1. The van der Waals surface area contributed by atoms with Crippen molar-refractivity contribution in [2.24, 2.45) is 0 Å². The number of carbonyl (C=O) groups is 2. The molecular weight excluding hydrogens is 476 g/mol. The number of methoxy groups -OCH3 is 2. The number of ether oxygens (including phenoxy) is 2. The van der Waals surface area contributed by atoms with Crippen LogP contribution in [0.3, 0.4) is 0 Å². The fraction of sp³-hybridized carbons (Fsp3) is 0.312. The molecule has 2 aromatic carbocycles. The zero-order chi connectivity index (χ0) is 28.0. The molecule has 0 aliphatic heterocycles. The molecule has 6 nitrogen and oxygen atoms in total. The van der Waals surface area contributed by atoms with Crippen molar-refractivity contribution in [2.45, 2.75) is 36.5 Å². The molecule has 0 aliphatic carbocycles. The highest BCUT2D eigenvalue weighted by Gasteiger charge is 2.34. The predicted octanol–water partition coefficient (Wildman–Crippen LogP) is 5.42. The van der Waals surface area contributed by atoms with Crippen LogP contribution in [0.2, 0.25) is 0 Å². The maximum atomic E-state index is 13.0. The van der Waals surface area contributed by atoms with Crippen molar-refractivity contribution in [3.63, 3.8) is 0 Å². The van der Waals surface area contributed by atoms with Crippen LogP contribution in [-0.4, -0.2) is 39.1 Å². The minimum Gasteiger partial charge on any atom is -0.493 e. The lowest BCUT2D eigenvalue weighted by Crippen LogP contribution is -2.49. The van der Waals surface area contributed by atoms with E-state index in [1.807, 2.05) is 60.7 Å². The summed E-state index contributed by atoms with van der Waals surface area (Å²) >= 11 is 0. The Balaban J connectivity index is 2.24. The molecule has 0 heterocycles. The van der Waals surface area contributed by atoms with E-state index in [0.717, 1.165) is 11.1 Å². The number of rotatable bonds is 16. The molecule has 202 valence electrons. The van der Waals surface area contributed by atoms with Crippen molar-refractivity contribution in [1.29, 1.82) is 0 Å². The van der Waals surface area contributed by atoms with Crippen LogP contribution in [0.15, 0.2) is 99.2 Å². The standard InChI is InChI=1S/C32H40N2O4/c1-7-18-31(19-8-2,25-14-12-11-13-15-25)23-33-29(35)30(36)34-24-32(20-9-3,21-10-4)26-16-17-27(37-5)28(22-26)38-6/h7-17,22H,1-4,18-21,23-24H2,5-6H3,(H,33,35)(H,34,36). The molecule has 2 aromatic rings. The Morgan fingerprint density at radius 1 is 0.684 bits per heavy atom. The lowest BCUT2D eigenvalue weighted by molar-refractivity contribution is -0.139. The minimum atomic E-state index is -0.706. The van der Waals surface area contributed by atoms with Gasteiger partial charge in [-0.05, 0) is 48.9 Å². The summed E-state index contributed by atoms with van der Waals surface area (Å²) in [7, 11) is 3.15. The summed E-state index contributed by atoms with van der Waals surface area (Å²) in [6.07, 6.45) is 9.57. The molecule has 2 amide bonds. The smallest absolute Gasteiger partial charge is 0.309 e. The molecule has 0 saturated carbocycles. The first-order valence-corrected chi connectivity index (χ1v) is 12.6. The minimum absolute atomic E-state index is 0.204. The van der Waals surface area contributed by atoms with Crippen LogP contribution in [0.4, 0.5) is 0 Å². The number of carbonyl (C=O) groups excluding carboxylic acids is 2. The molecule has 0 spiro atoms. The van der Waals surface area contributed by atoms with E-state index < -0.39 is 22.6 Å². The summed E-state index contributed by atoms with van der Waals surface area (Å²) in [5.74, 6) is -0.223. The highest BCUT2D eigenvalue weighted by molar-refractivity contribution is 6.35. The number of amides is 2. The number of hydrogen-bond donors (Lipinski definition) is 2. The van der Waals surface area contributed by atoms with Gasteiger partial charge in [0.05, 0.1) is 14.2 Å². The van der Waals surface area contributed by atoms with Gasteiger partial charge in [-0.25, -0.2) is 0 Å². The van der Waals surface area contributed by atoms with E-state index in [1.165, 1.54) is 0 Å². The first-order chi connectivity index (χ1) is 18.3. The number of hydrogen-bond acceptors (Lipinski definition) is 4. The molecule has 0 unspecified atom stereocenters. The average Bonchev–Trinajstić information content (AvgIpc) is 2.94. The second-order valence-corrected chi connectivity index (χ2v) is 9.33. The van der Waals surface area contributed by atoms with E-state index in [4.69, 9.17) is 9.47 Å². The molecule has 0 fully saturated rings. The molecule has 6 heteroatoms. The van der Waals surface area contributed by atoms with Gasteiger partial charge in [0.25, 0.3) is 0 Å². The zero-order valence-corrected chi connectivity index (χ0v) is 22.6. The van der Waals surface area contributed by atoms with E-state index in [2.05, 4.69) is 36.9 Å². The summed E-state index contributed by atoms with van der Waals surface area (Å²) in [6.45, 7) is 16.1. The first-order valence-electron chi connectivity index (χ1n) is 12.6. The number of allylic oxidation sites excluding steroid dienone is 4. The number of nitrogens with one attached hydrogen (secondary N) is 2. The van der Waals surface area contributed by atoms with Crippen LogP contribution in [0.5, 0.6) is 11.5 Å². The molecule has 0 aromatic heterocycles. The van der Waals surface area contributed by atoms with Gasteiger partial charge in [0, 0.05) is 23.9 Å². The van der Waals surface area contributed by atoms with Crippen molar-refractivity contribution in [2.75, 3.05) is 27.3 Å². The summed E-state index contributed by atoms with van der Waals surface area (Å²) in [5, 5.41) is 5.68. The monoisotopic (exact) mass is 516 g/mol. The van der Waals surface area contributed by atoms with E-state index >= 15 is 0 Å². The topological polar surface area (TPSA) is 76.7 Å². The van der Waals surface area contributed by atoms with Crippen molar-refractivity contribution in [3.05, 3.63) is 110 Å². The third-order valence-electron chi connectivity index (χ3n) is 6.90. The maximum absolute atomic E-state index is 13.0. The lowest BCUT2D eigenvalue weighted by atomic mass is 9.74. The Labute approximate surface area is 227 Å². The summed E-state index contributed by atoms with van der Waals surface area (Å²) in [5.41, 5.74) is 0.939. The summed E-state index contributed by atoms with van der Waals surface area (Å²) in [4.78, 5) is 25.9. The molecule has 2 rings (SSSR count). The zero-order valence-electron chi connectivity index (χ0n) is 22.6. The lowest BCUT2D eigenvalue weighted by Gasteiger charge is -2.34. The molecule has 0 saturated heterocycles. The van der Waals surface area contributed by atoms with E-state index in [0.29, 0.717) is 37.2 Å². The van der Waals surface area contributed by atoms with Crippen molar-refractivity contribution in [3.8, 4) is 11.5 Å². The largest absolute Gasteiger partial charge is 0.493 e. The van der Waals surface area contributed by atoms with Gasteiger partial charge in [-0.3, -0.25) is 9.59 Å². The Morgan fingerprint density at radius 3 is 1.55 bits per heavy atom. The fourth-order valence-electron chi connectivity index (χ4n) is 4.85. The number of benzene rings is 2. The van der Waals surface area contributed by atoms with Gasteiger partial charge < -0.3 is 20.1 Å². The molecule has 0 aliphatic rings. The second-order valence-electron chi connectivity index (χ2n) is 9.33. The summed E-state index contributed by atoms with van der Waals surface area (Å²) in [6, 6.07) is 15.5. The quantitative estimate of drug-likeness (QED) is 0.231. The van der Waals surface area contributed by atoms with Crippen molar-refractivity contribution < 1.29 is 19.1 Å². The van der Waals surface area contributed by atoms with Gasteiger partial charge in [0.1, 0.15) is 0 Å². The fourth-order valence-corrected chi connectivity index (χ4v) is 4.85. The molecule has 0 bridgehead atoms. The van der Waals surface area contributed by atoms with Crippen LogP contribution in [0.25, 0.3) is 0 Å². The molecule has 38 heavy (non-hydrogen) atoms. The Bertz CT molecular complexity index is 1100. The Morgan fingerprint density at radius 2 is 1.13 bits per heavy atom. The third-order valence-corrected chi connectivity index (χ3v) is 6.90. The molecular formula is C32H40N2O4. The van der Waals surface area contributed by atoms with Crippen LogP contribution >= 0.6 is 0 Å². The average molecular weight is 517 g/mol. The van der Waals surface area contributed by atoms with Crippen LogP contribution in [0, 0.1) is 0 Å².